The minimum Gasteiger partial charge on any atom is -0.487 e. The number of fused-ring (bicyclic) bond motifs is 7. The van der Waals surface area contributed by atoms with Gasteiger partial charge in [-0.2, -0.15) is 0 Å². The van der Waals surface area contributed by atoms with Crippen molar-refractivity contribution in [2.45, 2.75) is 27.7 Å². The first-order valence-electron chi connectivity index (χ1n) is 13.9. The van der Waals surface area contributed by atoms with Crippen LogP contribution in [0.3, 0.4) is 0 Å². The molecule has 0 unspecified atom stereocenters. The monoisotopic (exact) mass is 737 g/mol. The third-order valence-corrected chi connectivity index (χ3v) is 7.88. The molecule has 0 bridgehead atoms. The first-order valence-corrected chi connectivity index (χ1v) is 13.9. The normalized spacial score (nSPS) is 11.1. The molecule has 1 radical (unpaired) electrons. The van der Waals surface area contributed by atoms with Crippen molar-refractivity contribution in [3.63, 3.8) is 0 Å². The van der Waals surface area contributed by atoms with E-state index in [2.05, 4.69) is 89.5 Å². The minimum absolute atomic E-state index is 0. The van der Waals surface area contributed by atoms with Gasteiger partial charge >= 0.3 is 0 Å². The van der Waals surface area contributed by atoms with Crippen LogP contribution in [0.25, 0.3) is 61.1 Å². The molecule has 0 atom stereocenters. The standard InChI is InChI=1S/C24H16N3O.C13H12N.Ir/c1-14-10-20(25-12-15(14)2)18-8-5-7-17-19-13-26-22-11-16-6-3-4-9-21(16)27(22)24(19)28-23(17)18;1-10-8-13(14-9-11(10)2)12-6-4-3-5-7-12;/h3-7,9-13H,1-2H3;3-6,8-9H,1-2H3;/q2*-1;. The Morgan fingerprint density at radius 3 is 2.12 bits per heavy atom. The van der Waals surface area contributed by atoms with Crippen LogP contribution in [-0.2, 0) is 20.1 Å². The van der Waals surface area contributed by atoms with E-state index < -0.39 is 0 Å². The molecule has 3 aromatic carbocycles. The fraction of sp³-hybridized carbons (Fsp3) is 0.108. The van der Waals surface area contributed by atoms with Gasteiger partial charge in [-0.3, -0.25) is 4.40 Å². The number of para-hydroxylation sites is 1. The van der Waals surface area contributed by atoms with Crippen molar-refractivity contribution in [3.05, 3.63) is 132 Å². The summed E-state index contributed by atoms with van der Waals surface area (Å²) in [4.78, 5) is 13.7. The Morgan fingerprint density at radius 1 is 0.651 bits per heavy atom. The van der Waals surface area contributed by atoms with Crippen LogP contribution in [0.4, 0.5) is 0 Å². The van der Waals surface area contributed by atoms with Gasteiger partial charge in [-0.05, 0) is 62.3 Å². The van der Waals surface area contributed by atoms with Gasteiger partial charge in [0.05, 0.1) is 11.1 Å². The Bertz CT molecular complexity index is 2250. The maximum atomic E-state index is 6.44. The van der Waals surface area contributed by atoms with Gasteiger partial charge in [0.25, 0.3) is 0 Å². The summed E-state index contributed by atoms with van der Waals surface area (Å²) in [5.41, 5.74) is 12.2. The van der Waals surface area contributed by atoms with Gasteiger partial charge in [0, 0.05) is 49.5 Å². The van der Waals surface area contributed by atoms with Crippen LogP contribution in [0.15, 0.2) is 102 Å². The summed E-state index contributed by atoms with van der Waals surface area (Å²) in [7, 11) is 0. The average molecular weight is 737 g/mol. The maximum absolute atomic E-state index is 6.44. The van der Waals surface area contributed by atoms with Crippen LogP contribution < -0.4 is 0 Å². The summed E-state index contributed by atoms with van der Waals surface area (Å²) >= 11 is 0. The predicted molar refractivity (Wildman–Crippen MR) is 169 cm³/mol. The van der Waals surface area contributed by atoms with Gasteiger partial charge in [-0.25, -0.2) is 4.98 Å². The van der Waals surface area contributed by atoms with E-state index in [1.54, 1.807) is 0 Å². The zero-order valence-electron chi connectivity index (χ0n) is 24.3. The number of aryl methyl sites for hydroxylation is 4. The molecule has 43 heavy (non-hydrogen) atoms. The molecule has 5 aromatic heterocycles. The van der Waals surface area contributed by atoms with Crippen molar-refractivity contribution in [2.24, 2.45) is 0 Å². The van der Waals surface area contributed by atoms with Crippen LogP contribution >= 0.6 is 0 Å². The third kappa shape index (κ3) is 5.14. The number of hydrogen-bond donors (Lipinski definition) is 0. The van der Waals surface area contributed by atoms with Crippen LogP contribution in [0, 0.1) is 39.8 Å². The molecule has 0 aliphatic carbocycles. The SMILES string of the molecule is Cc1cnc(-c2[c-]ccc3c2oc2c3cnc3cc4ccccc4n32)cc1C.Cc1cnc(-c2[c-]cccc2)cc1C.[Ir]. The van der Waals surface area contributed by atoms with Crippen molar-refractivity contribution in [1.29, 1.82) is 0 Å². The van der Waals surface area contributed by atoms with Crippen LogP contribution in [0.1, 0.15) is 22.3 Å². The Balaban J connectivity index is 0.000000186. The Labute approximate surface area is 263 Å². The first-order chi connectivity index (χ1) is 20.5. The fourth-order valence-electron chi connectivity index (χ4n) is 5.22. The molecule has 0 aliphatic rings. The second-order valence-electron chi connectivity index (χ2n) is 10.7. The van der Waals surface area contributed by atoms with Gasteiger partial charge < -0.3 is 14.4 Å². The smallest absolute Gasteiger partial charge is 0.204 e. The molecule has 0 amide bonds. The van der Waals surface area contributed by atoms with E-state index in [1.165, 1.54) is 22.3 Å². The first kappa shape index (κ1) is 28.5. The average Bonchev–Trinajstić information content (AvgIpc) is 3.59. The summed E-state index contributed by atoms with van der Waals surface area (Å²) in [6, 6.07) is 32.9. The van der Waals surface area contributed by atoms with Crippen molar-refractivity contribution < 1.29 is 24.5 Å². The van der Waals surface area contributed by atoms with Crippen LogP contribution in [0.5, 0.6) is 0 Å². The minimum atomic E-state index is 0. The van der Waals surface area contributed by atoms with Gasteiger partial charge in [0.15, 0.2) is 0 Å². The second kappa shape index (κ2) is 11.6. The molecule has 0 saturated heterocycles. The predicted octanol–water partition coefficient (Wildman–Crippen LogP) is 9.03. The summed E-state index contributed by atoms with van der Waals surface area (Å²) in [6.07, 6.45) is 5.71. The van der Waals surface area contributed by atoms with Crippen LogP contribution in [0.2, 0.25) is 0 Å². The van der Waals surface area contributed by atoms with E-state index in [0.717, 1.165) is 61.1 Å². The molecule has 0 saturated carbocycles. The molecular formula is C37H28IrN4O-2. The Kier molecular flexibility index (Phi) is 7.66. The molecule has 6 heteroatoms. The van der Waals surface area contributed by atoms with E-state index in [0.29, 0.717) is 0 Å². The Morgan fingerprint density at radius 2 is 1.37 bits per heavy atom. The van der Waals surface area contributed by atoms with Gasteiger partial charge in [-0.15, -0.1) is 54.1 Å². The molecule has 0 spiro atoms. The summed E-state index contributed by atoms with van der Waals surface area (Å²) in [5, 5.41) is 3.16. The van der Waals surface area contributed by atoms with Crippen molar-refractivity contribution in [1.82, 2.24) is 19.4 Å². The Hall–Kier alpha value is -4.64. The third-order valence-electron chi connectivity index (χ3n) is 7.88. The number of furan rings is 1. The van der Waals surface area contributed by atoms with E-state index in [4.69, 9.17) is 4.42 Å². The number of benzene rings is 3. The molecule has 0 fully saturated rings. The fourth-order valence-corrected chi connectivity index (χ4v) is 5.22. The van der Waals surface area contributed by atoms with E-state index in [9.17, 15) is 0 Å². The number of rotatable bonds is 2. The molecule has 213 valence electrons. The van der Waals surface area contributed by atoms with Crippen molar-refractivity contribution >= 4 is 38.6 Å². The topological polar surface area (TPSA) is 56.2 Å². The van der Waals surface area contributed by atoms with Gasteiger partial charge in [-0.1, -0.05) is 52.4 Å². The van der Waals surface area contributed by atoms with E-state index in [1.807, 2.05) is 67.1 Å². The molecule has 5 heterocycles. The summed E-state index contributed by atoms with van der Waals surface area (Å²) < 4.78 is 8.53. The van der Waals surface area contributed by atoms with Crippen molar-refractivity contribution in [3.8, 4) is 22.5 Å². The molecule has 8 rings (SSSR count). The maximum Gasteiger partial charge on any atom is 0.204 e. The van der Waals surface area contributed by atoms with Gasteiger partial charge in [0.2, 0.25) is 5.71 Å². The zero-order valence-corrected chi connectivity index (χ0v) is 26.7. The molecule has 8 aromatic rings. The summed E-state index contributed by atoms with van der Waals surface area (Å²) in [6.45, 7) is 8.33. The number of pyridine rings is 2. The second-order valence-corrected chi connectivity index (χ2v) is 10.7. The molecular weight excluding hydrogens is 709 g/mol. The van der Waals surface area contributed by atoms with Crippen molar-refractivity contribution in [2.75, 3.05) is 0 Å². The van der Waals surface area contributed by atoms with Crippen LogP contribution in [-0.4, -0.2) is 19.4 Å². The number of aromatic nitrogens is 4. The number of nitrogens with zero attached hydrogens (tertiary/aromatic N) is 4. The molecule has 5 nitrogen and oxygen atoms in total. The van der Waals surface area contributed by atoms with E-state index in [-0.39, 0.29) is 20.1 Å². The molecule has 0 aliphatic heterocycles. The largest absolute Gasteiger partial charge is 0.487 e. The number of hydrogen-bond acceptors (Lipinski definition) is 4. The van der Waals surface area contributed by atoms with E-state index >= 15 is 0 Å². The molecule has 0 N–H and O–H groups in total. The van der Waals surface area contributed by atoms with Gasteiger partial charge in [0.1, 0.15) is 5.65 Å². The summed E-state index contributed by atoms with van der Waals surface area (Å²) in [5.74, 6) is 0. The quantitative estimate of drug-likeness (QED) is 0.166. The zero-order chi connectivity index (χ0) is 28.8.